The molecule has 0 unspecified atom stereocenters. The number of nitrogens with zero attached hydrogens (tertiary/aromatic N) is 6. The Balaban J connectivity index is 0.000000108. The minimum atomic E-state index is 1.16. The highest BCUT2D eigenvalue weighted by Gasteiger charge is 2.25. The predicted molar refractivity (Wildman–Crippen MR) is 634 cm³/mol. The van der Waals surface area contributed by atoms with Crippen molar-refractivity contribution < 1.29 is 0 Å². The van der Waals surface area contributed by atoms with Crippen molar-refractivity contribution >= 4 is 131 Å². The molecule has 0 saturated carbocycles. The fourth-order valence-electron chi connectivity index (χ4n) is 23.3. The molecule has 0 saturated heterocycles. The lowest BCUT2D eigenvalue weighted by atomic mass is 9.99. The highest BCUT2D eigenvalue weighted by Crippen LogP contribution is 2.47. The van der Waals surface area contributed by atoms with E-state index in [1.807, 2.05) is 0 Å². The Morgan fingerprint density at radius 2 is 0.267 bits per heavy atom. The molecule has 0 fully saturated rings. The average Bonchev–Trinajstić information content (AvgIpc) is 1.56. The van der Waals surface area contributed by atoms with E-state index in [0.29, 0.717) is 0 Å². The van der Waals surface area contributed by atoms with Gasteiger partial charge in [-0.25, -0.2) is 0 Å². The molecule has 0 atom stereocenters. The Kier molecular flexibility index (Phi) is 21.9. The highest BCUT2D eigenvalue weighted by molar-refractivity contribution is 6.19. The summed E-state index contributed by atoms with van der Waals surface area (Å²) in [4.78, 5) is 0. The van der Waals surface area contributed by atoms with Gasteiger partial charge < -0.3 is 27.4 Å². The van der Waals surface area contributed by atoms with E-state index in [1.54, 1.807) is 0 Å². The van der Waals surface area contributed by atoms with Gasteiger partial charge in [0.05, 0.1) is 66.2 Å². The van der Waals surface area contributed by atoms with Crippen LogP contribution in [-0.2, 0) is 0 Å². The minimum Gasteiger partial charge on any atom is -0.309 e. The molecule has 24 aromatic carbocycles. The fourth-order valence-corrected chi connectivity index (χ4v) is 23.3. The summed E-state index contributed by atoms with van der Waals surface area (Å²) in [5, 5.41) is 15.0. The molecule has 6 heteroatoms. The van der Waals surface area contributed by atoms with Gasteiger partial charge in [-0.1, -0.05) is 400 Å². The first-order chi connectivity index (χ1) is 74.4. The van der Waals surface area contributed by atoms with Crippen LogP contribution in [0.3, 0.4) is 0 Å². The van der Waals surface area contributed by atoms with Crippen LogP contribution in [0.15, 0.2) is 582 Å². The molecule has 0 amide bonds. The van der Waals surface area contributed by atoms with Gasteiger partial charge in [0.25, 0.3) is 0 Å². The topological polar surface area (TPSA) is 29.6 Å². The molecule has 0 aliphatic carbocycles. The van der Waals surface area contributed by atoms with Gasteiger partial charge in [-0.2, -0.15) is 0 Å². The van der Waals surface area contributed by atoms with Crippen molar-refractivity contribution in [2.75, 3.05) is 0 Å². The van der Waals surface area contributed by atoms with Gasteiger partial charge in [0.1, 0.15) is 0 Å². The zero-order chi connectivity index (χ0) is 99.1. The molecule has 702 valence electrons. The second kappa shape index (κ2) is 37.4. The van der Waals surface area contributed by atoms with E-state index >= 15 is 0 Å². The van der Waals surface area contributed by atoms with Crippen molar-refractivity contribution in [2.45, 2.75) is 0 Å². The summed E-state index contributed by atoms with van der Waals surface area (Å²) in [6, 6.07) is 211. The molecule has 30 aromatic rings. The molecule has 0 aliphatic rings. The van der Waals surface area contributed by atoms with Gasteiger partial charge >= 0.3 is 0 Å². The van der Waals surface area contributed by atoms with Gasteiger partial charge in [0.2, 0.25) is 0 Å². The number of rotatable bonds is 15. The Morgan fingerprint density at radius 1 is 0.0867 bits per heavy atom. The van der Waals surface area contributed by atoms with E-state index < -0.39 is 0 Å². The normalized spacial score (nSPS) is 11.6. The van der Waals surface area contributed by atoms with Gasteiger partial charge in [0.15, 0.2) is 0 Å². The minimum absolute atomic E-state index is 1.16. The van der Waals surface area contributed by atoms with Crippen molar-refractivity contribution in [3.8, 4) is 134 Å². The Morgan fingerprint density at radius 3 is 0.573 bits per heavy atom. The van der Waals surface area contributed by atoms with Crippen LogP contribution in [0.25, 0.3) is 265 Å². The van der Waals surface area contributed by atoms with Crippen LogP contribution >= 0.6 is 0 Å². The van der Waals surface area contributed by atoms with E-state index in [-0.39, 0.29) is 0 Å². The molecule has 150 heavy (non-hydrogen) atoms. The van der Waals surface area contributed by atoms with Crippen molar-refractivity contribution in [3.63, 3.8) is 0 Å². The van der Waals surface area contributed by atoms with Crippen molar-refractivity contribution in [3.05, 3.63) is 582 Å². The molecule has 0 radical (unpaired) electrons. The molecule has 6 nitrogen and oxygen atoms in total. The Bertz CT molecular complexity index is 10100. The van der Waals surface area contributed by atoms with Crippen LogP contribution in [-0.4, -0.2) is 27.4 Å². The van der Waals surface area contributed by atoms with Crippen LogP contribution < -0.4 is 0 Å². The molecular weight excluding hydrogens is 1810 g/mol. The third kappa shape index (κ3) is 15.5. The molecule has 0 aliphatic heterocycles. The largest absolute Gasteiger partial charge is 0.309 e. The molecule has 6 heterocycles. The summed E-state index contributed by atoms with van der Waals surface area (Å²) in [5.74, 6) is 0. The second-order valence-electron chi connectivity index (χ2n) is 39.0. The predicted octanol–water partition coefficient (Wildman–Crippen LogP) is 38.6. The lowest BCUT2D eigenvalue weighted by Crippen LogP contribution is -1.95. The summed E-state index contributed by atoms with van der Waals surface area (Å²) in [5.41, 5.74) is 43.4. The maximum absolute atomic E-state index is 2.43. The Hall–Kier alpha value is -19.9. The number of benzene rings is 24. The van der Waals surface area contributed by atoms with Crippen LogP contribution in [0.1, 0.15) is 0 Å². The summed E-state index contributed by atoms with van der Waals surface area (Å²) in [6.45, 7) is 0. The van der Waals surface area contributed by atoms with E-state index in [0.717, 1.165) is 28.4 Å². The maximum Gasteiger partial charge on any atom is 0.0619 e. The summed E-state index contributed by atoms with van der Waals surface area (Å²) in [6.07, 6.45) is 0. The van der Waals surface area contributed by atoms with Gasteiger partial charge in [0, 0.05) is 104 Å². The Labute approximate surface area is 868 Å². The van der Waals surface area contributed by atoms with Gasteiger partial charge in [-0.3, -0.25) is 0 Å². The quantitative estimate of drug-likeness (QED) is 0.0979. The summed E-state index contributed by atoms with van der Waals surface area (Å²) in [7, 11) is 0. The number of aromatic nitrogens is 6. The monoisotopic (exact) mass is 1910 g/mol. The fraction of sp³-hybridized carbons (Fsp3) is 0. The summed E-state index contributed by atoms with van der Waals surface area (Å²) < 4.78 is 14.4. The number of para-hydroxylation sites is 7. The smallest absolute Gasteiger partial charge is 0.0619 e. The van der Waals surface area contributed by atoms with Crippen LogP contribution in [0.5, 0.6) is 0 Å². The number of fused-ring (bicyclic) bond motifs is 18. The summed E-state index contributed by atoms with van der Waals surface area (Å²) >= 11 is 0. The average molecular weight is 1910 g/mol. The molecule has 0 spiro atoms. The first kappa shape index (κ1) is 87.8. The zero-order valence-corrected chi connectivity index (χ0v) is 82.1. The molecule has 6 aromatic heterocycles. The molecule has 0 bridgehead atoms. The van der Waals surface area contributed by atoms with Crippen LogP contribution in [0.4, 0.5) is 0 Å². The lowest BCUT2D eigenvalue weighted by Gasteiger charge is -2.12. The third-order valence-corrected chi connectivity index (χ3v) is 30.4. The van der Waals surface area contributed by atoms with E-state index in [4.69, 9.17) is 0 Å². The van der Waals surface area contributed by atoms with Crippen molar-refractivity contribution in [2.24, 2.45) is 0 Å². The van der Waals surface area contributed by atoms with Crippen molar-refractivity contribution in [1.82, 2.24) is 27.4 Å². The van der Waals surface area contributed by atoms with E-state index in [1.165, 1.54) is 237 Å². The van der Waals surface area contributed by atoms with Gasteiger partial charge in [-0.05, 0) is 277 Å². The first-order valence-corrected chi connectivity index (χ1v) is 51.6. The standard InChI is InChI=1S/3C48H32N2/c1-4-13-33(14-5-1)34-23-27-39(28-24-34)49-45-22-11-10-19-41(45)43-31-36(25-29-46(43)49)37-26-30-47-44(32-37)42-21-12-20-40(35-15-6-2-7-16-35)48(42)50(47)38-17-8-3-9-18-38;1-4-12-33(13-5-1)35-20-25-40(26-21-35)49-45-19-11-10-18-41(45)43-30-36(23-28-46(43)49)37-24-29-47-44(31-37)42-27-22-38(34-14-6-2-7-15-34)32-48(42)50(47)39-16-8-3-9-17-39;1-4-12-33(13-5-1)35-20-25-40(26-21-35)50-45-19-11-10-18-41(45)42-31-37(23-28-46(42)50)38-24-29-48-44(32-38)43-30-36(34-14-6-2-7-15-34)22-27-47(43)49(48)39-16-8-3-9-17-39/h3*1-32H. The van der Waals surface area contributed by atoms with Crippen molar-refractivity contribution in [1.29, 1.82) is 0 Å². The number of hydrogen-bond donors (Lipinski definition) is 0. The van der Waals surface area contributed by atoms with Crippen LogP contribution in [0.2, 0.25) is 0 Å². The van der Waals surface area contributed by atoms with Crippen LogP contribution in [0, 0.1) is 0 Å². The van der Waals surface area contributed by atoms with E-state index in [9.17, 15) is 0 Å². The zero-order valence-electron chi connectivity index (χ0n) is 82.1. The molecule has 30 rings (SSSR count). The van der Waals surface area contributed by atoms with Gasteiger partial charge in [-0.15, -0.1) is 0 Å². The molecule has 0 N–H and O–H groups in total. The first-order valence-electron chi connectivity index (χ1n) is 51.6. The highest BCUT2D eigenvalue weighted by atomic mass is 15.0. The van der Waals surface area contributed by atoms with E-state index in [2.05, 4.69) is 610 Å². The SMILES string of the molecule is c1ccc(-c2ccc(-n3c4ccccc4c4cc(-c5ccc6c(c5)c5cc(-c7ccccc7)ccc5n6-c5ccccc5)ccc43)cc2)cc1.c1ccc(-c2ccc(-n3c4ccccc4c4cc(-c5ccc6c(c5)c5ccc(-c7ccccc7)cc5n6-c5ccccc5)ccc43)cc2)cc1.c1ccc(-c2ccc(-n3c4ccccc4c4cc(-c5ccc6c(c5)c5cccc(-c7ccccc7)c5n6-c5ccccc5)ccc43)cc2)cc1. The third-order valence-electron chi connectivity index (χ3n) is 30.4. The lowest BCUT2D eigenvalue weighted by molar-refractivity contribution is 1.18. The molecular formula is C144H96N6. The second-order valence-corrected chi connectivity index (χ2v) is 39.0. The number of hydrogen-bond acceptors (Lipinski definition) is 0. The maximum atomic E-state index is 2.43.